The first-order chi connectivity index (χ1) is 9.15. The van der Waals surface area contributed by atoms with Crippen molar-refractivity contribution in [1.29, 1.82) is 0 Å². The van der Waals surface area contributed by atoms with Gasteiger partial charge < -0.3 is 22.3 Å². The van der Waals surface area contributed by atoms with Crippen molar-refractivity contribution in [2.45, 2.75) is 58.5 Å². The van der Waals surface area contributed by atoms with E-state index in [2.05, 4.69) is 35.9 Å². The molecule has 0 radical (unpaired) electrons. The van der Waals surface area contributed by atoms with Crippen LogP contribution in [0.1, 0.15) is 44.6 Å². The predicted molar refractivity (Wildman–Crippen MR) is 75.6 cm³/mol. The molecule has 2 atom stereocenters. The number of pyridine rings is 1. The third-order valence-corrected chi connectivity index (χ3v) is 4.11. The number of carbonyl (C=O) groups excluding carboxylic acids is 1. The minimum absolute atomic E-state index is 0. The van der Waals surface area contributed by atoms with E-state index in [9.17, 15) is 4.79 Å². The molecule has 3 nitrogen and oxygen atoms in total. The second-order valence-corrected chi connectivity index (χ2v) is 5.80. The highest BCUT2D eigenvalue weighted by Crippen LogP contribution is 2.23. The summed E-state index contributed by atoms with van der Waals surface area (Å²) in [6.45, 7) is 5.08. The number of hydrogen-bond donors (Lipinski definition) is 1. The normalized spacial score (nSPS) is 21.9. The molecule has 112 valence electrons. The van der Waals surface area contributed by atoms with Gasteiger partial charge in [0.2, 0.25) is 5.91 Å². The summed E-state index contributed by atoms with van der Waals surface area (Å²) in [4.78, 5) is 12.0. The molecule has 1 N–H and O–H groups in total. The average molecular weight is 341 g/mol. The summed E-state index contributed by atoms with van der Waals surface area (Å²) in [7, 11) is 0. The number of rotatable bonds is 4. The van der Waals surface area contributed by atoms with Gasteiger partial charge in [0.15, 0.2) is 18.9 Å². The van der Waals surface area contributed by atoms with Crippen LogP contribution >= 0.6 is 0 Å². The number of nitrogens with one attached hydrogen (secondary N) is 1. The summed E-state index contributed by atoms with van der Waals surface area (Å²) in [5.74, 6) is 0.816. The molecule has 4 heteroatoms. The van der Waals surface area contributed by atoms with Crippen LogP contribution < -0.4 is 26.9 Å². The van der Waals surface area contributed by atoms with Gasteiger partial charge in [0, 0.05) is 18.2 Å². The maximum absolute atomic E-state index is 12.0. The SMILES string of the molecule is Cc1cc[n+](CCC(=O)NC2CCCCC2C)cc1.[Br-]. The second kappa shape index (κ2) is 8.40. The summed E-state index contributed by atoms with van der Waals surface area (Å²) in [5.41, 5.74) is 1.25. The fourth-order valence-electron chi connectivity index (χ4n) is 2.72. The first kappa shape index (κ1) is 17.2. The number of aryl methyl sites for hydroxylation is 2. The highest BCUT2D eigenvalue weighted by molar-refractivity contribution is 5.76. The Morgan fingerprint density at radius 2 is 1.95 bits per heavy atom. The number of carbonyl (C=O) groups is 1. The Morgan fingerprint density at radius 3 is 2.60 bits per heavy atom. The van der Waals surface area contributed by atoms with Crippen LogP contribution in [0.4, 0.5) is 0 Å². The van der Waals surface area contributed by atoms with Gasteiger partial charge in [-0.2, -0.15) is 0 Å². The van der Waals surface area contributed by atoms with Gasteiger partial charge >= 0.3 is 0 Å². The monoisotopic (exact) mass is 340 g/mol. The van der Waals surface area contributed by atoms with Crippen LogP contribution in [0.15, 0.2) is 24.5 Å². The third-order valence-electron chi connectivity index (χ3n) is 4.11. The summed E-state index contributed by atoms with van der Waals surface area (Å²) in [6.07, 6.45) is 9.59. The Morgan fingerprint density at radius 1 is 1.30 bits per heavy atom. The number of nitrogens with zero attached hydrogens (tertiary/aromatic N) is 1. The molecule has 0 saturated heterocycles. The van der Waals surface area contributed by atoms with E-state index < -0.39 is 0 Å². The van der Waals surface area contributed by atoms with Crippen LogP contribution in [0.2, 0.25) is 0 Å². The van der Waals surface area contributed by atoms with E-state index in [1.165, 1.54) is 24.8 Å². The minimum Gasteiger partial charge on any atom is -1.00 e. The molecule has 0 bridgehead atoms. The molecule has 1 fully saturated rings. The highest BCUT2D eigenvalue weighted by Gasteiger charge is 2.22. The molecule has 1 heterocycles. The summed E-state index contributed by atoms with van der Waals surface area (Å²) in [5, 5.41) is 3.20. The predicted octanol–water partition coefficient (Wildman–Crippen LogP) is -0.628. The topological polar surface area (TPSA) is 33.0 Å². The standard InChI is InChI=1S/C16H24N2O.BrH/c1-13-7-10-18(11-8-13)12-9-16(19)17-15-6-4-3-5-14(15)2;/h7-8,10-11,14-15H,3-6,9,12H2,1-2H3;1H. The highest BCUT2D eigenvalue weighted by atomic mass is 79.9. The molecule has 2 rings (SSSR count). The molecule has 1 saturated carbocycles. The van der Waals surface area contributed by atoms with E-state index in [0.717, 1.165) is 13.0 Å². The molecule has 20 heavy (non-hydrogen) atoms. The lowest BCUT2D eigenvalue weighted by Crippen LogP contribution is -3.00. The van der Waals surface area contributed by atoms with Gasteiger partial charge in [-0.05, 0) is 31.2 Å². The first-order valence-corrected chi connectivity index (χ1v) is 7.40. The van der Waals surface area contributed by atoms with Crippen LogP contribution in [0, 0.1) is 12.8 Å². The Bertz CT molecular complexity index is 419. The van der Waals surface area contributed by atoms with Crippen LogP contribution in [0.25, 0.3) is 0 Å². The fourth-order valence-corrected chi connectivity index (χ4v) is 2.72. The largest absolute Gasteiger partial charge is 1.00 e. The molecular formula is C16H25BrN2O. The summed E-state index contributed by atoms with van der Waals surface area (Å²) in [6, 6.07) is 4.53. The zero-order valence-corrected chi connectivity index (χ0v) is 14.0. The van der Waals surface area contributed by atoms with Crippen molar-refractivity contribution in [3.63, 3.8) is 0 Å². The molecule has 1 amide bonds. The zero-order valence-electron chi connectivity index (χ0n) is 12.4. The third kappa shape index (κ3) is 5.23. The number of halogens is 1. The Hall–Kier alpha value is -0.900. The van der Waals surface area contributed by atoms with Crippen LogP contribution in [-0.4, -0.2) is 11.9 Å². The lowest BCUT2D eigenvalue weighted by Gasteiger charge is -2.29. The molecule has 1 aliphatic rings. The fraction of sp³-hybridized carbons (Fsp3) is 0.625. The maximum Gasteiger partial charge on any atom is 0.226 e. The quantitative estimate of drug-likeness (QED) is 0.727. The van der Waals surface area contributed by atoms with E-state index in [0.29, 0.717) is 18.4 Å². The van der Waals surface area contributed by atoms with Crippen LogP contribution in [-0.2, 0) is 11.3 Å². The van der Waals surface area contributed by atoms with Gasteiger partial charge in [0.05, 0.1) is 6.42 Å². The van der Waals surface area contributed by atoms with E-state index in [1.807, 2.05) is 12.4 Å². The molecule has 1 aromatic rings. The van der Waals surface area contributed by atoms with Gasteiger partial charge in [0.1, 0.15) is 0 Å². The van der Waals surface area contributed by atoms with Crippen molar-refractivity contribution >= 4 is 5.91 Å². The van der Waals surface area contributed by atoms with E-state index >= 15 is 0 Å². The van der Waals surface area contributed by atoms with E-state index in [1.54, 1.807) is 0 Å². The summed E-state index contributed by atoms with van der Waals surface area (Å²) < 4.78 is 2.07. The molecular weight excluding hydrogens is 316 g/mol. The van der Waals surface area contributed by atoms with Gasteiger partial charge in [-0.15, -0.1) is 0 Å². The van der Waals surface area contributed by atoms with Crippen molar-refractivity contribution < 1.29 is 26.3 Å². The Balaban J connectivity index is 0.00000200. The van der Waals surface area contributed by atoms with Crippen molar-refractivity contribution in [1.82, 2.24) is 5.32 Å². The lowest BCUT2D eigenvalue weighted by molar-refractivity contribution is -0.695. The second-order valence-electron chi connectivity index (χ2n) is 5.80. The maximum atomic E-state index is 12.0. The van der Waals surface area contributed by atoms with Crippen molar-refractivity contribution in [2.24, 2.45) is 5.92 Å². The minimum atomic E-state index is 0. The van der Waals surface area contributed by atoms with E-state index in [-0.39, 0.29) is 22.9 Å². The van der Waals surface area contributed by atoms with E-state index in [4.69, 9.17) is 0 Å². The van der Waals surface area contributed by atoms with Crippen LogP contribution in [0.5, 0.6) is 0 Å². The molecule has 1 aromatic heterocycles. The number of hydrogen-bond acceptors (Lipinski definition) is 1. The van der Waals surface area contributed by atoms with Crippen molar-refractivity contribution in [3.05, 3.63) is 30.1 Å². The van der Waals surface area contributed by atoms with Gasteiger partial charge in [0.25, 0.3) is 0 Å². The van der Waals surface area contributed by atoms with Crippen molar-refractivity contribution in [3.8, 4) is 0 Å². The Kier molecular flexibility index (Phi) is 7.20. The smallest absolute Gasteiger partial charge is 0.226 e. The summed E-state index contributed by atoms with van der Waals surface area (Å²) >= 11 is 0. The average Bonchev–Trinajstić information content (AvgIpc) is 2.41. The molecule has 1 aliphatic carbocycles. The molecule has 0 aliphatic heterocycles. The van der Waals surface area contributed by atoms with Gasteiger partial charge in [-0.3, -0.25) is 4.79 Å². The lowest BCUT2D eigenvalue weighted by atomic mass is 9.86. The first-order valence-electron chi connectivity index (χ1n) is 7.40. The zero-order chi connectivity index (χ0) is 13.7. The molecule has 0 spiro atoms. The van der Waals surface area contributed by atoms with Crippen LogP contribution in [0.3, 0.4) is 0 Å². The molecule has 0 aromatic carbocycles. The number of aromatic nitrogens is 1. The van der Waals surface area contributed by atoms with Crippen molar-refractivity contribution in [2.75, 3.05) is 0 Å². The number of amides is 1. The molecule has 2 unspecified atom stereocenters. The Labute approximate surface area is 132 Å². The van der Waals surface area contributed by atoms with Gasteiger partial charge in [-0.25, -0.2) is 4.57 Å². The van der Waals surface area contributed by atoms with Gasteiger partial charge in [-0.1, -0.05) is 19.8 Å².